The van der Waals surface area contributed by atoms with E-state index in [4.69, 9.17) is 4.74 Å². The van der Waals surface area contributed by atoms with E-state index >= 15 is 0 Å². The van der Waals surface area contributed by atoms with Crippen LogP contribution in [0.4, 0.5) is 0 Å². The van der Waals surface area contributed by atoms with E-state index in [0.29, 0.717) is 22.6 Å². The van der Waals surface area contributed by atoms with Crippen molar-refractivity contribution in [3.63, 3.8) is 0 Å². The van der Waals surface area contributed by atoms with Crippen LogP contribution in [0.2, 0.25) is 0 Å². The first kappa shape index (κ1) is 20.4. The number of aryl methyl sites for hydroxylation is 2. The fraction of sp³-hybridized carbons (Fsp3) is 0.471. The van der Waals surface area contributed by atoms with Crippen molar-refractivity contribution in [1.29, 1.82) is 0 Å². The Morgan fingerprint density at radius 3 is 2.58 bits per heavy atom. The molecule has 0 radical (unpaired) electrons. The van der Waals surface area contributed by atoms with Crippen molar-refractivity contribution in [2.75, 3.05) is 5.75 Å². The summed E-state index contributed by atoms with van der Waals surface area (Å²) in [6.45, 7) is 11.9. The first-order chi connectivity index (χ1) is 12.4. The zero-order valence-electron chi connectivity index (χ0n) is 15.4. The molecule has 0 aliphatic heterocycles. The molecule has 0 amide bonds. The van der Waals surface area contributed by atoms with Gasteiger partial charge in [-0.1, -0.05) is 29.6 Å². The highest BCUT2D eigenvalue weighted by Crippen LogP contribution is 2.23. The first-order valence-electron chi connectivity index (χ1n) is 8.19. The smallest absolute Gasteiger partial charge is 0.316 e. The first-order valence-corrected chi connectivity index (χ1v) is 10.2. The van der Waals surface area contributed by atoms with Crippen LogP contribution < -0.4 is 0 Å². The molecule has 0 aromatic carbocycles. The van der Waals surface area contributed by atoms with E-state index < -0.39 is 0 Å². The van der Waals surface area contributed by atoms with E-state index in [0.717, 1.165) is 17.2 Å². The molecule has 0 saturated carbocycles. The molecule has 9 heteroatoms. The molecular weight excluding hydrogens is 370 g/mol. The predicted molar refractivity (Wildman–Crippen MR) is 103 cm³/mol. The third kappa shape index (κ3) is 6.14. The molecular formula is C17H23N5O2S2. The number of thioether (sulfide) groups is 2. The lowest BCUT2D eigenvalue weighted by Gasteiger charge is -2.09. The van der Waals surface area contributed by atoms with Crippen molar-refractivity contribution in [3.8, 4) is 0 Å². The normalized spacial score (nSPS) is 11.0. The van der Waals surface area contributed by atoms with Gasteiger partial charge < -0.3 is 9.30 Å². The third-order valence-corrected chi connectivity index (χ3v) is 4.87. The molecule has 0 N–H and O–H groups in total. The van der Waals surface area contributed by atoms with Gasteiger partial charge in [0.05, 0.1) is 17.6 Å². The molecule has 0 fully saturated rings. The summed E-state index contributed by atoms with van der Waals surface area (Å²) in [5.41, 5.74) is 1.87. The lowest BCUT2D eigenvalue weighted by Crippen LogP contribution is -2.14. The van der Waals surface area contributed by atoms with Gasteiger partial charge >= 0.3 is 5.97 Å². The van der Waals surface area contributed by atoms with Crippen LogP contribution in [-0.2, 0) is 21.8 Å². The van der Waals surface area contributed by atoms with Gasteiger partial charge in [-0.2, -0.15) is 0 Å². The standard InChI is InChI=1S/C17H23N5O2S2/c1-6-7-22-14(9-25-16-18-12(4)8-13(5)19-16)20-21-17(22)26-10-15(23)24-11(2)3/h6,8,11H,1,7,9-10H2,2-5H3. The molecule has 2 aromatic heterocycles. The summed E-state index contributed by atoms with van der Waals surface area (Å²) in [6.07, 6.45) is 1.65. The number of allylic oxidation sites excluding steroid dienone is 1. The van der Waals surface area contributed by atoms with E-state index in [1.807, 2.05) is 38.3 Å². The Hall–Kier alpha value is -1.87. The number of hydrogen-bond acceptors (Lipinski definition) is 8. The number of ether oxygens (including phenoxy) is 1. The maximum absolute atomic E-state index is 11.7. The number of esters is 1. The minimum atomic E-state index is -0.266. The van der Waals surface area contributed by atoms with Gasteiger partial charge in [0.25, 0.3) is 0 Å². The second kappa shape index (κ2) is 9.72. The molecule has 2 heterocycles. The molecule has 0 aliphatic rings. The Labute approximate surface area is 162 Å². The van der Waals surface area contributed by atoms with Gasteiger partial charge in [0.2, 0.25) is 0 Å². The Kier molecular flexibility index (Phi) is 7.65. The summed E-state index contributed by atoms with van der Waals surface area (Å²) >= 11 is 2.82. The quantitative estimate of drug-likeness (QED) is 0.278. The summed E-state index contributed by atoms with van der Waals surface area (Å²) in [5.74, 6) is 1.30. The SMILES string of the molecule is C=CCn1c(CSc2nc(C)cc(C)n2)nnc1SCC(=O)OC(C)C. The van der Waals surface area contributed by atoms with Crippen molar-refractivity contribution in [2.45, 2.75) is 56.4 Å². The van der Waals surface area contributed by atoms with Gasteiger partial charge in [0.1, 0.15) is 5.82 Å². The second-order valence-electron chi connectivity index (χ2n) is 5.85. The van der Waals surface area contributed by atoms with Crippen LogP contribution in [0.5, 0.6) is 0 Å². The summed E-state index contributed by atoms with van der Waals surface area (Å²) in [5, 5.41) is 9.83. The number of carbonyl (C=O) groups excluding carboxylic acids is 1. The van der Waals surface area contributed by atoms with E-state index in [9.17, 15) is 4.79 Å². The fourth-order valence-corrected chi connectivity index (χ4v) is 3.79. The van der Waals surface area contributed by atoms with Crippen molar-refractivity contribution >= 4 is 29.5 Å². The largest absolute Gasteiger partial charge is 0.462 e. The number of carbonyl (C=O) groups is 1. The predicted octanol–water partition coefficient (Wildman–Crippen LogP) is 3.21. The fourth-order valence-electron chi connectivity index (χ4n) is 2.15. The van der Waals surface area contributed by atoms with Gasteiger partial charge in [0, 0.05) is 17.9 Å². The van der Waals surface area contributed by atoms with E-state index in [1.165, 1.54) is 23.5 Å². The molecule has 0 aliphatic carbocycles. The van der Waals surface area contributed by atoms with Crippen LogP contribution in [0.25, 0.3) is 0 Å². The molecule has 2 aromatic rings. The number of rotatable bonds is 9. The van der Waals surface area contributed by atoms with E-state index in [1.54, 1.807) is 6.08 Å². The van der Waals surface area contributed by atoms with Crippen LogP contribution in [0.3, 0.4) is 0 Å². The van der Waals surface area contributed by atoms with Crippen molar-refractivity contribution in [1.82, 2.24) is 24.7 Å². The molecule has 2 rings (SSSR count). The topological polar surface area (TPSA) is 82.8 Å². The van der Waals surface area contributed by atoms with Gasteiger partial charge in [-0.3, -0.25) is 4.79 Å². The Morgan fingerprint density at radius 2 is 1.96 bits per heavy atom. The number of aromatic nitrogens is 5. The molecule has 140 valence electrons. The highest BCUT2D eigenvalue weighted by atomic mass is 32.2. The Bertz CT molecular complexity index is 756. The lowest BCUT2D eigenvalue weighted by atomic mass is 10.4. The molecule has 7 nitrogen and oxygen atoms in total. The van der Waals surface area contributed by atoms with Crippen LogP contribution >= 0.6 is 23.5 Å². The number of nitrogens with zero attached hydrogens (tertiary/aromatic N) is 5. The minimum Gasteiger partial charge on any atom is -0.462 e. The molecule has 0 bridgehead atoms. The second-order valence-corrected chi connectivity index (χ2v) is 7.73. The van der Waals surface area contributed by atoms with E-state index in [-0.39, 0.29) is 17.8 Å². The molecule has 0 saturated heterocycles. The monoisotopic (exact) mass is 393 g/mol. The average molecular weight is 394 g/mol. The highest BCUT2D eigenvalue weighted by Gasteiger charge is 2.15. The maximum atomic E-state index is 11.7. The van der Waals surface area contributed by atoms with Gasteiger partial charge in [-0.15, -0.1) is 16.8 Å². The zero-order valence-corrected chi connectivity index (χ0v) is 17.1. The lowest BCUT2D eigenvalue weighted by molar-refractivity contribution is -0.144. The van der Waals surface area contributed by atoms with Crippen LogP contribution in [0, 0.1) is 13.8 Å². The van der Waals surface area contributed by atoms with Crippen LogP contribution in [0.15, 0.2) is 29.0 Å². The Balaban J connectivity index is 2.05. The van der Waals surface area contributed by atoms with Crippen LogP contribution in [-0.4, -0.2) is 42.6 Å². The average Bonchev–Trinajstić information content (AvgIpc) is 2.92. The summed E-state index contributed by atoms with van der Waals surface area (Å²) in [7, 11) is 0. The Morgan fingerprint density at radius 1 is 1.27 bits per heavy atom. The van der Waals surface area contributed by atoms with Gasteiger partial charge in [-0.05, 0) is 33.8 Å². The van der Waals surface area contributed by atoms with Crippen molar-refractivity contribution < 1.29 is 9.53 Å². The molecule has 0 unspecified atom stereocenters. The molecule has 0 atom stereocenters. The van der Waals surface area contributed by atoms with E-state index in [2.05, 4.69) is 26.7 Å². The van der Waals surface area contributed by atoms with Gasteiger partial charge in [-0.25, -0.2) is 9.97 Å². The highest BCUT2D eigenvalue weighted by molar-refractivity contribution is 7.99. The van der Waals surface area contributed by atoms with Crippen LogP contribution in [0.1, 0.15) is 31.1 Å². The third-order valence-electron chi connectivity index (χ3n) is 3.08. The molecule has 0 spiro atoms. The zero-order chi connectivity index (χ0) is 19.1. The summed E-state index contributed by atoms with van der Waals surface area (Å²) < 4.78 is 7.09. The molecule has 26 heavy (non-hydrogen) atoms. The summed E-state index contributed by atoms with van der Waals surface area (Å²) in [6, 6.07) is 1.94. The maximum Gasteiger partial charge on any atom is 0.316 e. The van der Waals surface area contributed by atoms with Gasteiger partial charge in [0.15, 0.2) is 10.3 Å². The van der Waals surface area contributed by atoms with Crippen molar-refractivity contribution in [3.05, 3.63) is 35.9 Å². The number of hydrogen-bond donors (Lipinski definition) is 0. The van der Waals surface area contributed by atoms with Crippen molar-refractivity contribution in [2.24, 2.45) is 0 Å². The summed E-state index contributed by atoms with van der Waals surface area (Å²) in [4.78, 5) is 20.6. The minimum absolute atomic E-state index is 0.126.